The molecular formula is C22H16BrNO6. The lowest BCUT2D eigenvalue weighted by molar-refractivity contribution is -0.142. The van der Waals surface area contributed by atoms with E-state index in [4.69, 9.17) is 18.3 Å². The third-order valence-electron chi connectivity index (χ3n) is 4.30. The monoisotopic (exact) mass is 469 g/mol. The minimum absolute atomic E-state index is 0.418. The van der Waals surface area contributed by atoms with Crippen molar-refractivity contribution in [2.24, 2.45) is 0 Å². The number of furan rings is 2. The lowest BCUT2D eigenvalue weighted by Crippen LogP contribution is -2.20. The summed E-state index contributed by atoms with van der Waals surface area (Å²) in [5.74, 6) is -0.229. The minimum atomic E-state index is -0.669. The van der Waals surface area contributed by atoms with Crippen LogP contribution in [-0.4, -0.2) is 25.6 Å². The van der Waals surface area contributed by atoms with Gasteiger partial charge in [0, 0.05) is 22.9 Å². The van der Waals surface area contributed by atoms with Crippen LogP contribution in [0, 0.1) is 0 Å². The van der Waals surface area contributed by atoms with E-state index in [-0.39, 0.29) is 0 Å². The number of halogens is 1. The molecule has 2 aromatic heterocycles. The van der Waals surface area contributed by atoms with Gasteiger partial charge in [-0.1, -0.05) is 18.2 Å². The fourth-order valence-electron chi connectivity index (χ4n) is 2.96. The molecule has 4 aromatic rings. The number of hydrogen-bond acceptors (Lipinski definition) is 6. The number of rotatable bonds is 6. The Morgan fingerprint density at radius 2 is 1.90 bits per heavy atom. The van der Waals surface area contributed by atoms with Crippen LogP contribution in [0.1, 0.15) is 5.76 Å². The second-order valence-corrected chi connectivity index (χ2v) is 7.06. The van der Waals surface area contributed by atoms with Gasteiger partial charge in [0.1, 0.15) is 22.7 Å². The van der Waals surface area contributed by atoms with Gasteiger partial charge in [-0.05, 0) is 46.3 Å². The first-order chi connectivity index (χ1) is 14.5. The van der Waals surface area contributed by atoms with Crippen molar-refractivity contribution < 1.29 is 27.9 Å². The molecule has 0 saturated carbocycles. The second-order valence-electron chi connectivity index (χ2n) is 6.28. The number of ether oxygens (including phenoxy) is 2. The van der Waals surface area contributed by atoms with E-state index in [0.29, 0.717) is 27.4 Å². The molecule has 0 bridgehead atoms. The average Bonchev–Trinajstić information content (AvgIpc) is 3.32. The Hall–Kier alpha value is -3.52. The summed E-state index contributed by atoms with van der Waals surface area (Å²) in [5, 5.41) is 4.51. The van der Waals surface area contributed by atoms with Crippen LogP contribution in [0.3, 0.4) is 0 Å². The van der Waals surface area contributed by atoms with Gasteiger partial charge in [0.2, 0.25) is 0 Å². The van der Waals surface area contributed by atoms with Gasteiger partial charge in [0.25, 0.3) is 5.91 Å². The number of methoxy groups -OCH3 is 1. The summed E-state index contributed by atoms with van der Waals surface area (Å²) in [6.45, 7) is -0.452. The third-order valence-corrected chi connectivity index (χ3v) is 4.72. The van der Waals surface area contributed by atoms with Crippen LogP contribution in [-0.2, 0) is 14.3 Å². The summed E-state index contributed by atoms with van der Waals surface area (Å²) < 4.78 is 22.0. The topological polar surface area (TPSA) is 90.9 Å². The van der Waals surface area contributed by atoms with Crippen LogP contribution in [0.25, 0.3) is 28.0 Å². The molecular weight excluding hydrogens is 454 g/mol. The summed E-state index contributed by atoms with van der Waals surface area (Å²) in [6, 6.07) is 14.5. The van der Waals surface area contributed by atoms with Crippen molar-refractivity contribution in [1.29, 1.82) is 0 Å². The molecule has 8 heteroatoms. The number of benzene rings is 2. The summed E-state index contributed by atoms with van der Waals surface area (Å²) in [7, 11) is 1.51. The lowest BCUT2D eigenvalue weighted by atomic mass is 10.1. The first-order valence-corrected chi connectivity index (χ1v) is 9.72. The Balaban J connectivity index is 1.44. The minimum Gasteiger partial charge on any atom is -0.495 e. The van der Waals surface area contributed by atoms with Crippen LogP contribution < -0.4 is 10.1 Å². The molecule has 2 aromatic carbocycles. The fraction of sp³-hybridized carbons (Fsp3) is 0.0909. The number of anilines is 1. The molecule has 7 nitrogen and oxygen atoms in total. The highest BCUT2D eigenvalue weighted by molar-refractivity contribution is 9.10. The van der Waals surface area contributed by atoms with E-state index in [2.05, 4.69) is 21.2 Å². The van der Waals surface area contributed by atoms with E-state index < -0.39 is 18.5 Å². The quantitative estimate of drug-likeness (QED) is 0.310. The smallest absolute Gasteiger partial charge is 0.331 e. The van der Waals surface area contributed by atoms with E-state index in [9.17, 15) is 9.59 Å². The van der Waals surface area contributed by atoms with E-state index in [1.807, 2.05) is 24.3 Å². The summed E-state index contributed by atoms with van der Waals surface area (Å²) in [5.41, 5.74) is 1.76. The zero-order valence-electron chi connectivity index (χ0n) is 15.8. The Bertz CT molecular complexity index is 1270. The molecule has 0 fully saturated rings. The lowest BCUT2D eigenvalue weighted by Gasteiger charge is -2.10. The molecule has 0 aliphatic heterocycles. The number of para-hydroxylation sites is 1. The number of fused-ring (bicyclic) bond motifs is 3. The average molecular weight is 470 g/mol. The van der Waals surface area contributed by atoms with Gasteiger partial charge in [0.05, 0.1) is 12.8 Å². The molecule has 0 aliphatic carbocycles. The zero-order chi connectivity index (χ0) is 21.1. The molecule has 2 heterocycles. The summed E-state index contributed by atoms with van der Waals surface area (Å²) in [4.78, 5) is 24.0. The second kappa shape index (κ2) is 8.46. The van der Waals surface area contributed by atoms with Crippen molar-refractivity contribution >= 4 is 61.5 Å². The third kappa shape index (κ3) is 4.23. The number of nitrogens with one attached hydrogen (secondary N) is 1. The fourth-order valence-corrected chi connectivity index (χ4v) is 3.28. The van der Waals surface area contributed by atoms with Crippen LogP contribution in [0.15, 0.2) is 68.1 Å². The van der Waals surface area contributed by atoms with E-state index in [1.165, 1.54) is 19.3 Å². The Morgan fingerprint density at radius 3 is 2.67 bits per heavy atom. The highest BCUT2D eigenvalue weighted by Gasteiger charge is 2.14. The first kappa shape index (κ1) is 19.8. The van der Waals surface area contributed by atoms with Crippen molar-refractivity contribution in [3.63, 3.8) is 0 Å². The van der Waals surface area contributed by atoms with Crippen molar-refractivity contribution in [2.75, 3.05) is 19.0 Å². The van der Waals surface area contributed by atoms with Gasteiger partial charge in [0.15, 0.2) is 11.3 Å². The molecule has 0 saturated heterocycles. The molecule has 30 heavy (non-hydrogen) atoms. The van der Waals surface area contributed by atoms with Gasteiger partial charge in [-0.25, -0.2) is 4.79 Å². The molecule has 0 spiro atoms. The first-order valence-electron chi connectivity index (χ1n) is 8.93. The maximum absolute atomic E-state index is 12.2. The summed E-state index contributed by atoms with van der Waals surface area (Å²) in [6.07, 6.45) is 2.63. The van der Waals surface area contributed by atoms with Crippen molar-refractivity contribution in [3.05, 3.63) is 65.0 Å². The van der Waals surface area contributed by atoms with Gasteiger partial charge in [-0.15, -0.1) is 0 Å². The maximum atomic E-state index is 12.2. The molecule has 0 aliphatic rings. The SMILES string of the molecule is COc1cc2c(cc1NC(=O)COC(=O)/C=C/c1ccc(Br)o1)oc1ccccc12. The van der Waals surface area contributed by atoms with Gasteiger partial charge in [-0.3, -0.25) is 4.79 Å². The molecule has 1 N–H and O–H groups in total. The van der Waals surface area contributed by atoms with Crippen molar-refractivity contribution in [1.82, 2.24) is 0 Å². The number of amides is 1. The van der Waals surface area contributed by atoms with Crippen molar-refractivity contribution in [3.8, 4) is 5.75 Å². The Morgan fingerprint density at radius 1 is 1.07 bits per heavy atom. The maximum Gasteiger partial charge on any atom is 0.331 e. The van der Waals surface area contributed by atoms with Gasteiger partial charge in [-0.2, -0.15) is 0 Å². The van der Waals surface area contributed by atoms with Crippen molar-refractivity contribution in [2.45, 2.75) is 0 Å². The summed E-state index contributed by atoms with van der Waals surface area (Å²) >= 11 is 3.17. The molecule has 1 amide bonds. The van der Waals surface area contributed by atoms with Crippen LogP contribution >= 0.6 is 15.9 Å². The molecule has 0 radical (unpaired) electrons. The van der Waals surface area contributed by atoms with Crippen LogP contribution in [0.2, 0.25) is 0 Å². The normalized spacial score (nSPS) is 11.3. The van der Waals surface area contributed by atoms with E-state index >= 15 is 0 Å². The van der Waals surface area contributed by atoms with Gasteiger partial charge >= 0.3 is 5.97 Å². The Kier molecular flexibility index (Phi) is 5.58. The van der Waals surface area contributed by atoms with E-state index in [0.717, 1.165) is 16.4 Å². The largest absolute Gasteiger partial charge is 0.495 e. The standard InChI is InChI=1S/C22H16BrNO6/c1-27-19-10-15-14-4-2-3-5-17(14)30-18(15)11-16(19)24-21(25)12-28-22(26)9-7-13-6-8-20(23)29-13/h2-11H,12H2,1H3,(H,24,25)/b9-7+. The van der Waals surface area contributed by atoms with Crippen LogP contribution in [0.5, 0.6) is 5.75 Å². The number of carbonyl (C=O) groups is 2. The zero-order valence-corrected chi connectivity index (χ0v) is 17.4. The Labute approximate surface area is 179 Å². The number of esters is 1. The molecule has 4 rings (SSSR count). The number of carbonyl (C=O) groups excluding carboxylic acids is 2. The molecule has 152 valence electrons. The highest BCUT2D eigenvalue weighted by atomic mass is 79.9. The van der Waals surface area contributed by atoms with E-state index in [1.54, 1.807) is 24.3 Å². The molecule has 0 atom stereocenters. The van der Waals surface area contributed by atoms with Crippen LogP contribution in [0.4, 0.5) is 5.69 Å². The molecule has 0 unspecified atom stereocenters. The predicted molar refractivity (Wildman–Crippen MR) is 115 cm³/mol. The number of hydrogen-bond donors (Lipinski definition) is 1. The predicted octanol–water partition coefficient (Wildman–Crippen LogP) is 5.15. The highest BCUT2D eigenvalue weighted by Crippen LogP contribution is 2.36. The van der Waals surface area contributed by atoms with Gasteiger partial charge < -0.3 is 23.6 Å².